The highest BCUT2D eigenvalue weighted by atomic mass is 16.5. The van der Waals surface area contributed by atoms with Crippen LogP contribution in [0.25, 0.3) is 0 Å². The molecule has 0 saturated heterocycles. The molecule has 0 aromatic heterocycles. The molecule has 0 spiro atoms. The number of ether oxygens (including phenoxy) is 2. The van der Waals surface area contributed by atoms with E-state index in [0.717, 1.165) is 0 Å². The van der Waals surface area contributed by atoms with Crippen LogP contribution in [0.15, 0.2) is 18.2 Å². The fourth-order valence-corrected chi connectivity index (χ4v) is 2.30. The van der Waals surface area contributed by atoms with Crippen LogP contribution < -0.4 is 9.64 Å². The van der Waals surface area contributed by atoms with Gasteiger partial charge in [0.25, 0.3) is 0 Å². The van der Waals surface area contributed by atoms with Crippen LogP contribution in [-0.2, 0) is 19.7 Å². The molecule has 96 valence electrons. The molecule has 0 fully saturated rings. The average Bonchev–Trinajstić information content (AvgIpc) is 2.60. The quantitative estimate of drug-likeness (QED) is 0.582. The Hall–Kier alpha value is -2.04. The molecule has 18 heavy (non-hydrogen) atoms. The molecule has 0 unspecified atom stereocenters. The van der Waals surface area contributed by atoms with Crippen molar-refractivity contribution in [3.63, 3.8) is 0 Å². The number of amides is 1. The van der Waals surface area contributed by atoms with Crippen LogP contribution in [0, 0.1) is 0 Å². The number of likely N-dealkylation sites (N-methyl/N-ethyl adjacent to an activating group) is 1. The van der Waals surface area contributed by atoms with Crippen LogP contribution in [-0.4, -0.2) is 33.1 Å². The number of anilines is 1. The molecule has 1 aromatic rings. The SMILES string of the molecule is COC(=O)[C@@]1(C)C(=O)N(C)c2cc(OC)ccc21. The number of hydrogen-bond donors (Lipinski definition) is 0. The first kappa shape index (κ1) is 12.4. The largest absolute Gasteiger partial charge is 0.497 e. The van der Waals surface area contributed by atoms with Gasteiger partial charge < -0.3 is 14.4 Å². The molecule has 1 amide bonds. The predicted octanol–water partition coefficient (Wildman–Crippen LogP) is 1.10. The standard InChI is InChI=1S/C13H15NO4/c1-13(12(16)18-4)9-6-5-8(17-3)7-10(9)14(2)11(13)15/h5-7H,1-4H3/t13-/m1/s1. The summed E-state index contributed by atoms with van der Waals surface area (Å²) >= 11 is 0. The number of nitrogens with zero attached hydrogens (tertiary/aromatic N) is 1. The molecule has 1 aliphatic heterocycles. The minimum Gasteiger partial charge on any atom is -0.497 e. The molecule has 5 heteroatoms. The highest BCUT2D eigenvalue weighted by molar-refractivity contribution is 6.19. The Morgan fingerprint density at radius 3 is 2.56 bits per heavy atom. The second-order valence-corrected chi connectivity index (χ2v) is 4.36. The van der Waals surface area contributed by atoms with Crippen molar-refractivity contribution in [2.24, 2.45) is 0 Å². The minimum absolute atomic E-state index is 0.294. The Balaban J connectivity index is 2.63. The summed E-state index contributed by atoms with van der Waals surface area (Å²) in [5, 5.41) is 0. The van der Waals surface area contributed by atoms with Gasteiger partial charge in [-0.25, -0.2) is 0 Å². The van der Waals surface area contributed by atoms with E-state index >= 15 is 0 Å². The number of benzene rings is 1. The van der Waals surface area contributed by atoms with Crippen molar-refractivity contribution >= 4 is 17.6 Å². The van der Waals surface area contributed by atoms with Gasteiger partial charge in [-0.1, -0.05) is 6.07 Å². The zero-order valence-electron chi connectivity index (χ0n) is 10.8. The van der Waals surface area contributed by atoms with Gasteiger partial charge in [0.05, 0.1) is 19.9 Å². The Morgan fingerprint density at radius 2 is 2.00 bits per heavy atom. The Kier molecular flexibility index (Phi) is 2.77. The van der Waals surface area contributed by atoms with Crippen LogP contribution >= 0.6 is 0 Å². The summed E-state index contributed by atoms with van der Waals surface area (Å²) in [5.41, 5.74) is 0.0420. The van der Waals surface area contributed by atoms with Gasteiger partial charge in [0.1, 0.15) is 5.75 Å². The van der Waals surface area contributed by atoms with E-state index in [9.17, 15) is 9.59 Å². The van der Waals surface area contributed by atoms with E-state index in [1.807, 2.05) is 0 Å². The molecule has 0 radical (unpaired) electrons. The number of methoxy groups -OCH3 is 2. The monoisotopic (exact) mass is 249 g/mol. The summed E-state index contributed by atoms with van der Waals surface area (Å²) in [6.07, 6.45) is 0. The van der Waals surface area contributed by atoms with Crippen molar-refractivity contribution in [2.75, 3.05) is 26.2 Å². The number of hydrogen-bond acceptors (Lipinski definition) is 4. The van der Waals surface area contributed by atoms with Crippen molar-refractivity contribution in [3.05, 3.63) is 23.8 Å². The third-order valence-corrected chi connectivity index (χ3v) is 3.43. The average molecular weight is 249 g/mol. The van der Waals surface area contributed by atoms with Gasteiger partial charge in [-0.15, -0.1) is 0 Å². The van der Waals surface area contributed by atoms with Gasteiger partial charge in [-0.05, 0) is 13.0 Å². The molecular weight excluding hydrogens is 234 g/mol. The first-order chi connectivity index (χ1) is 8.46. The van der Waals surface area contributed by atoms with Crippen LogP contribution in [0.4, 0.5) is 5.69 Å². The zero-order valence-corrected chi connectivity index (χ0v) is 10.8. The fourth-order valence-electron chi connectivity index (χ4n) is 2.30. The lowest BCUT2D eigenvalue weighted by molar-refractivity contribution is -0.150. The van der Waals surface area contributed by atoms with Gasteiger partial charge in [-0.3, -0.25) is 9.59 Å². The summed E-state index contributed by atoms with van der Waals surface area (Å²) < 4.78 is 9.88. The van der Waals surface area contributed by atoms with Gasteiger partial charge in [-0.2, -0.15) is 0 Å². The summed E-state index contributed by atoms with van der Waals surface area (Å²) in [5.74, 6) is -0.205. The van der Waals surface area contributed by atoms with Gasteiger partial charge in [0.2, 0.25) is 5.91 Å². The van der Waals surface area contributed by atoms with Crippen molar-refractivity contribution in [1.82, 2.24) is 0 Å². The van der Waals surface area contributed by atoms with E-state index < -0.39 is 11.4 Å². The lowest BCUT2D eigenvalue weighted by atomic mass is 9.84. The first-order valence-electron chi connectivity index (χ1n) is 5.52. The number of rotatable bonds is 2. The molecule has 1 aliphatic rings. The van der Waals surface area contributed by atoms with E-state index in [2.05, 4.69) is 0 Å². The molecule has 2 rings (SSSR count). The highest BCUT2D eigenvalue weighted by Gasteiger charge is 2.52. The van der Waals surface area contributed by atoms with Crippen LogP contribution in [0.3, 0.4) is 0 Å². The maximum Gasteiger partial charge on any atom is 0.325 e. The summed E-state index contributed by atoms with van der Waals surface area (Å²) in [4.78, 5) is 25.6. The zero-order chi connectivity index (χ0) is 13.5. The predicted molar refractivity (Wildman–Crippen MR) is 65.8 cm³/mol. The maximum absolute atomic E-state index is 12.3. The first-order valence-corrected chi connectivity index (χ1v) is 5.52. The molecule has 0 N–H and O–H groups in total. The number of esters is 1. The molecule has 0 bridgehead atoms. The molecule has 0 saturated carbocycles. The van der Waals surface area contributed by atoms with Crippen molar-refractivity contribution in [2.45, 2.75) is 12.3 Å². The fraction of sp³-hybridized carbons (Fsp3) is 0.385. The van der Waals surface area contributed by atoms with E-state index in [4.69, 9.17) is 9.47 Å². The van der Waals surface area contributed by atoms with Crippen molar-refractivity contribution < 1.29 is 19.1 Å². The lowest BCUT2D eigenvalue weighted by Crippen LogP contribution is -2.43. The van der Waals surface area contributed by atoms with Crippen LogP contribution in [0.1, 0.15) is 12.5 Å². The van der Waals surface area contributed by atoms with Crippen LogP contribution in [0.5, 0.6) is 5.75 Å². The van der Waals surface area contributed by atoms with Crippen LogP contribution in [0.2, 0.25) is 0 Å². The molecule has 0 aliphatic carbocycles. The van der Waals surface area contributed by atoms with E-state index in [1.165, 1.54) is 12.0 Å². The topological polar surface area (TPSA) is 55.8 Å². The molecule has 1 aromatic carbocycles. The Labute approximate surface area is 105 Å². The summed E-state index contributed by atoms with van der Waals surface area (Å²) in [6.45, 7) is 1.58. The number of fused-ring (bicyclic) bond motifs is 1. The van der Waals surface area contributed by atoms with Gasteiger partial charge in [0, 0.05) is 18.7 Å². The molecular formula is C13H15NO4. The van der Waals surface area contributed by atoms with Gasteiger partial charge >= 0.3 is 5.97 Å². The number of carbonyl (C=O) groups excluding carboxylic acids is 2. The normalized spacial score (nSPS) is 21.8. The van der Waals surface area contributed by atoms with Crippen molar-refractivity contribution in [3.8, 4) is 5.75 Å². The second-order valence-electron chi connectivity index (χ2n) is 4.36. The third kappa shape index (κ3) is 1.40. The maximum atomic E-state index is 12.3. The van der Waals surface area contributed by atoms with E-state index in [-0.39, 0.29) is 5.91 Å². The summed E-state index contributed by atoms with van der Waals surface area (Å²) in [7, 11) is 4.47. The molecule has 5 nitrogen and oxygen atoms in total. The minimum atomic E-state index is -1.27. The van der Waals surface area contributed by atoms with Crippen molar-refractivity contribution in [1.29, 1.82) is 0 Å². The summed E-state index contributed by atoms with van der Waals surface area (Å²) in [6, 6.07) is 5.19. The Morgan fingerprint density at radius 1 is 1.33 bits per heavy atom. The Bertz CT molecular complexity index is 526. The lowest BCUT2D eigenvalue weighted by Gasteiger charge is -2.19. The van der Waals surface area contributed by atoms with Gasteiger partial charge in [0.15, 0.2) is 5.41 Å². The third-order valence-electron chi connectivity index (χ3n) is 3.43. The number of carbonyl (C=O) groups is 2. The molecule has 1 heterocycles. The van der Waals surface area contributed by atoms with E-state index in [1.54, 1.807) is 39.3 Å². The smallest absolute Gasteiger partial charge is 0.325 e. The van der Waals surface area contributed by atoms with E-state index in [0.29, 0.717) is 17.0 Å². The second kappa shape index (κ2) is 4.01. The highest BCUT2D eigenvalue weighted by Crippen LogP contribution is 2.43. The molecule has 1 atom stereocenters.